The summed E-state index contributed by atoms with van der Waals surface area (Å²) in [5.41, 5.74) is 6.40. The third-order valence-corrected chi connectivity index (χ3v) is 1.95. The molecule has 0 aliphatic carbocycles. The third kappa shape index (κ3) is 1.77. The van der Waals surface area contributed by atoms with Crippen molar-refractivity contribution >= 4 is 5.97 Å². The number of methoxy groups -OCH3 is 1. The van der Waals surface area contributed by atoms with E-state index in [0.29, 0.717) is 11.3 Å². The smallest absolute Gasteiger partial charge is 0.341 e. The highest BCUT2D eigenvalue weighted by molar-refractivity contribution is 5.90. The van der Waals surface area contributed by atoms with Crippen LogP contribution in [0.4, 0.5) is 0 Å². The Balaban J connectivity index is 3.27. The van der Waals surface area contributed by atoms with Crippen LogP contribution in [0.2, 0.25) is 0 Å². The van der Waals surface area contributed by atoms with Crippen molar-refractivity contribution in [2.75, 3.05) is 7.11 Å². The lowest BCUT2D eigenvalue weighted by Crippen LogP contribution is -2.33. The van der Waals surface area contributed by atoms with Gasteiger partial charge in [-0.1, -0.05) is 0 Å². The number of aryl methyl sites for hydroxylation is 1. The maximum absolute atomic E-state index is 11.4. The number of carbonyl (C=O) groups is 1. The summed E-state index contributed by atoms with van der Waals surface area (Å²) in [5, 5.41) is 3.99. The Morgan fingerprint density at radius 3 is 2.64 bits per heavy atom. The molecule has 14 heavy (non-hydrogen) atoms. The standard InChI is InChI=1S/C9H15N3O2/c1-9(2,10)7-6(8(13)14-4)5-11-12(7)3/h5H,10H2,1-4H3. The number of rotatable bonds is 2. The van der Waals surface area contributed by atoms with E-state index < -0.39 is 11.5 Å². The van der Waals surface area contributed by atoms with Crippen LogP contribution < -0.4 is 5.73 Å². The van der Waals surface area contributed by atoms with E-state index in [2.05, 4.69) is 9.84 Å². The second kappa shape index (κ2) is 3.42. The van der Waals surface area contributed by atoms with Crippen molar-refractivity contribution in [1.82, 2.24) is 9.78 Å². The zero-order valence-corrected chi connectivity index (χ0v) is 8.87. The summed E-state index contributed by atoms with van der Waals surface area (Å²) in [6, 6.07) is 0. The van der Waals surface area contributed by atoms with Gasteiger partial charge < -0.3 is 10.5 Å². The zero-order chi connectivity index (χ0) is 10.9. The zero-order valence-electron chi connectivity index (χ0n) is 8.87. The molecule has 0 spiro atoms. The van der Waals surface area contributed by atoms with Gasteiger partial charge in [-0.3, -0.25) is 4.68 Å². The SMILES string of the molecule is COC(=O)c1cnn(C)c1C(C)(C)N. The summed E-state index contributed by atoms with van der Waals surface area (Å²) in [5.74, 6) is -0.411. The van der Waals surface area contributed by atoms with Gasteiger partial charge in [0.25, 0.3) is 0 Å². The number of hydrogen-bond acceptors (Lipinski definition) is 4. The molecule has 0 amide bonds. The van der Waals surface area contributed by atoms with Gasteiger partial charge in [-0.2, -0.15) is 5.10 Å². The first kappa shape index (κ1) is 10.7. The molecular weight excluding hydrogens is 182 g/mol. The Morgan fingerprint density at radius 2 is 2.21 bits per heavy atom. The molecule has 0 aromatic carbocycles. The highest BCUT2D eigenvalue weighted by atomic mass is 16.5. The first-order chi connectivity index (χ1) is 6.38. The maximum atomic E-state index is 11.4. The van der Waals surface area contributed by atoms with Crippen molar-refractivity contribution in [3.05, 3.63) is 17.5 Å². The van der Waals surface area contributed by atoms with Crippen molar-refractivity contribution in [1.29, 1.82) is 0 Å². The number of aromatic nitrogens is 2. The molecule has 0 bridgehead atoms. The van der Waals surface area contributed by atoms with Crippen molar-refractivity contribution in [2.24, 2.45) is 12.8 Å². The van der Waals surface area contributed by atoms with Gasteiger partial charge in [-0.15, -0.1) is 0 Å². The Hall–Kier alpha value is -1.36. The van der Waals surface area contributed by atoms with Crippen LogP contribution in [0.25, 0.3) is 0 Å². The predicted octanol–water partition coefficient (Wildman–Crippen LogP) is 0.400. The van der Waals surface area contributed by atoms with Crippen LogP contribution in [0.5, 0.6) is 0 Å². The topological polar surface area (TPSA) is 70.1 Å². The Morgan fingerprint density at radius 1 is 1.64 bits per heavy atom. The molecule has 5 heteroatoms. The minimum atomic E-state index is -0.616. The monoisotopic (exact) mass is 197 g/mol. The molecule has 0 fully saturated rings. The number of esters is 1. The van der Waals surface area contributed by atoms with Gasteiger partial charge in [0.1, 0.15) is 5.56 Å². The van der Waals surface area contributed by atoms with Crippen LogP contribution in [0.15, 0.2) is 6.20 Å². The van der Waals surface area contributed by atoms with E-state index >= 15 is 0 Å². The molecular formula is C9H15N3O2. The fraction of sp³-hybridized carbons (Fsp3) is 0.556. The summed E-state index contributed by atoms with van der Waals surface area (Å²) < 4.78 is 6.23. The van der Waals surface area contributed by atoms with Crippen molar-refractivity contribution < 1.29 is 9.53 Å². The van der Waals surface area contributed by atoms with Gasteiger partial charge in [0.05, 0.1) is 24.5 Å². The predicted molar refractivity (Wildman–Crippen MR) is 51.8 cm³/mol. The molecule has 0 aliphatic heterocycles. The first-order valence-corrected chi connectivity index (χ1v) is 4.27. The highest BCUT2D eigenvalue weighted by Crippen LogP contribution is 2.20. The van der Waals surface area contributed by atoms with Crippen LogP contribution in [-0.4, -0.2) is 22.9 Å². The molecule has 0 radical (unpaired) electrons. The summed E-state index contributed by atoms with van der Waals surface area (Å²) >= 11 is 0. The fourth-order valence-corrected chi connectivity index (χ4v) is 1.46. The molecule has 0 saturated heterocycles. The van der Waals surface area contributed by atoms with E-state index in [4.69, 9.17) is 5.73 Å². The van der Waals surface area contributed by atoms with E-state index in [1.165, 1.54) is 13.3 Å². The number of hydrogen-bond donors (Lipinski definition) is 1. The Bertz CT molecular complexity index is 349. The summed E-state index contributed by atoms with van der Waals surface area (Å²) in [6.45, 7) is 3.63. The van der Waals surface area contributed by atoms with Crippen LogP contribution in [0.3, 0.4) is 0 Å². The molecule has 78 valence electrons. The highest BCUT2D eigenvalue weighted by Gasteiger charge is 2.26. The second-order valence-corrected chi connectivity index (χ2v) is 3.74. The average Bonchev–Trinajstić information content (AvgIpc) is 2.44. The van der Waals surface area contributed by atoms with E-state index in [1.807, 2.05) is 13.8 Å². The molecule has 1 aromatic rings. The largest absolute Gasteiger partial charge is 0.465 e. The Kier molecular flexibility index (Phi) is 2.62. The van der Waals surface area contributed by atoms with Gasteiger partial charge >= 0.3 is 5.97 Å². The van der Waals surface area contributed by atoms with E-state index in [1.54, 1.807) is 11.7 Å². The quantitative estimate of drug-likeness (QED) is 0.697. The van der Waals surface area contributed by atoms with E-state index in [9.17, 15) is 4.79 Å². The first-order valence-electron chi connectivity index (χ1n) is 4.27. The molecule has 0 saturated carbocycles. The van der Waals surface area contributed by atoms with Crippen LogP contribution in [-0.2, 0) is 17.3 Å². The van der Waals surface area contributed by atoms with Crippen molar-refractivity contribution in [3.63, 3.8) is 0 Å². The van der Waals surface area contributed by atoms with Crippen molar-refractivity contribution in [2.45, 2.75) is 19.4 Å². The van der Waals surface area contributed by atoms with Gasteiger partial charge in [-0.05, 0) is 13.8 Å². The summed E-state index contributed by atoms with van der Waals surface area (Å²) in [6.07, 6.45) is 1.47. The van der Waals surface area contributed by atoms with Crippen molar-refractivity contribution in [3.8, 4) is 0 Å². The number of nitrogens with two attached hydrogens (primary N) is 1. The summed E-state index contributed by atoms with van der Waals surface area (Å²) in [7, 11) is 3.08. The minimum absolute atomic E-state index is 0.411. The molecule has 1 rings (SSSR count). The summed E-state index contributed by atoms with van der Waals surface area (Å²) in [4.78, 5) is 11.4. The van der Waals surface area contributed by atoms with Gasteiger partial charge in [0.2, 0.25) is 0 Å². The lowest BCUT2D eigenvalue weighted by Gasteiger charge is -2.20. The number of nitrogens with zero attached hydrogens (tertiary/aromatic N) is 2. The normalized spacial score (nSPS) is 11.5. The molecule has 0 aliphatic rings. The molecule has 2 N–H and O–H groups in total. The van der Waals surface area contributed by atoms with Gasteiger partial charge in [0, 0.05) is 7.05 Å². The van der Waals surface area contributed by atoms with Gasteiger partial charge in [0.15, 0.2) is 0 Å². The fourth-order valence-electron chi connectivity index (χ4n) is 1.46. The molecule has 5 nitrogen and oxygen atoms in total. The molecule has 1 aromatic heterocycles. The van der Waals surface area contributed by atoms with E-state index in [-0.39, 0.29) is 0 Å². The molecule has 0 atom stereocenters. The molecule has 1 heterocycles. The molecule has 0 unspecified atom stereocenters. The van der Waals surface area contributed by atoms with E-state index in [0.717, 1.165) is 0 Å². The Labute approximate surface area is 82.8 Å². The van der Waals surface area contributed by atoms with Gasteiger partial charge in [-0.25, -0.2) is 4.79 Å². The third-order valence-electron chi connectivity index (χ3n) is 1.95. The lowest BCUT2D eigenvalue weighted by atomic mass is 9.98. The van der Waals surface area contributed by atoms with Crippen LogP contribution in [0.1, 0.15) is 29.9 Å². The lowest BCUT2D eigenvalue weighted by molar-refractivity contribution is 0.0597. The number of ether oxygens (including phenoxy) is 1. The number of carbonyl (C=O) groups excluding carboxylic acids is 1. The minimum Gasteiger partial charge on any atom is -0.465 e. The second-order valence-electron chi connectivity index (χ2n) is 3.74. The maximum Gasteiger partial charge on any atom is 0.341 e. The van der Waals surface area contributed by atoms with Crippen LogP contribution in [0, 0.1) is 0 Å². The van der Waals surface area contributed by atoms with Crippen LogP contribution >= 0.6 is 0 Å². The average molecular weight is 197 g/mol.